The van der Waals surface area contributed by atoms with Gasteiger partial charge in [-0.2, -0.15) is 0 Å². The molecule has 2 aromatic rings. The van der Waals surface area contributed by atoms with Crippen LogP contribution in [0.4, 0.5) is 5.69 Å². The van der Waals surface area contributed by atoms with Gasteiger partial charge < -0.3 is 10.2 Å². The minimum Gasteiger partial charge on any atom is -0.378 e. The number of halogens is 1. The summed E-state index contributed by atoms with van der Waals surface area (Å²) in [6.07, 6.45) is 2.12. The van der Waals surface area contributed by atoms with Gasteiger partial charge >= 0.3 is 0 Å². The van der Waals surface area contributed by atoms with Gasteiger partial charge in [0.1, 0.15) is 0 Å². The number of nitrogens with one attached hydrogen (secondary N) is 1. The molecular formula is C21H26ClN3O. The highest BCUT2D eigenvalue weighted by Crippen LogP contribution is 2.17. The van der Waals surface area contributed by atoms with Crippen molar-refractivity contribution in [1.82, 2.24) is 10.2 Å². The Labute approximate surface area is 160 Å². The van der Waals surface area contributed by atoms with Crippen LogP contribution in [0.2, 0.25) is 5.02 Å². The molecule has 1 atom stereocenters. The number of benzene rings is 2. The van der Waals surface area contributed by atoms with Crippen molar-refractivity contribution in [3.05, 3.63) is 64.7 Å². The van der Waals surface area contributed by atoms with E-state index < -0.39 is 0 Å². The van der Waals surface area contributed by atoms with Gasteiger partial charge in [0.25, 0.3) is 5.91 Å². The van der Waals surface area contributed by atoms with Crippen LogP contribution in [0.25, 0.3) is 0 Å². The van der Waals surface area contributed by atoms with Gasteiger partial charge in [-0.25, -0.2) is 0 Å². The lowest BCUT2D eigenvalue weighted by molar-refractivity contribution is 0.0901. The first kappa shape index (κ1) is 18.7. The zero-order valence-electron chi connectivity index (χ0n) is 15.4. The number of piperidine rings is 1. The number of carbonyl (C=O) groups excluding carboxylic acids is 1. The maximum absolute atomic E-state index is 12.5. The first-order valence-corrected chi connectivity index (χ1v) is 9.44. The summed E-state index contributed by atoms with van der Waals surface area (Å²) in [6.45, 7) is 2.83. The molecule has 1 fully saturated rings. The molecule has 0 aromatic heterocycles. The van der Waals surface area contributed by atoms with Gasteiger partial charge in [-0.05, 0) is 61.3 Å². The van der Waals surface area contributed by atoms with Crippen LogP contribution >= 0.6 is 11.6 Å². The fourth-order valence-corrected chi connectivity index (χ4v) is 3.47. The number of likely N-dealkylation sites (tertiary alicyclic amines) is 1. The minimum atomic E-state index is 0.00801. The van der Waals surface area contributed by atoms with Crippen molar-refractivity contribution in [1.29, 1.82) is 0 Å². The van der Waals surface area contributed by atoms with E-state index in [0.717, 1.165) is 43.2 Å². The summed E-state index contributed by atoms with van der Waals surface area (Å²) in [7, 11) is 3.98. The number of carbonyl (C=O) groups is 1. The number of hydrogen-bond acceptors (Lipinski definition) is 3. The van der Waals surface area contributed by atoms with Crippen LogP contribution in [0, 0.1) is 0 Å². The van der Waals surface area contributed by atoms with Crippen molar-refractivity contribution in [2.45, 2.75) is 25.4 Å². The lowest BCUT2D eigenvalue weighted by Gasteiger charge is -2.33. The van der Waals surface area contributed by atoms with Crippen molar-refractivity contribution in [3.8, 4) is 0 Å². The average Bonchev–Trinajstić information content (AvgIpc) is 2.64. The van der Waals surface area contributed by atoms with Gasteiger partial charge in [0.2, 0.25) is 0 Å². The van der Waals surface area contributed by atoms with E-state index >= 15 is 0 Å². The molecule has 0 bridgehead atoms. The Morgan fingerprint density at radius 1 is 1.15 bits per heavy atom. The number of rotatable bonds is 5. The van der Waals surface area contributed by atoms with E-state index in [1.165, 1.54) is 5.56 Å². The topological polar surface area (TPSA) is 35.6 Å². The van der Waals surface area contributed by atoms with E-state index in [2.05, 4.69) is 22.3 Å². The molecule has 1 aliphatic rings. The maximum atomic E-state index is 12.5. The standard InChI is InChI=1S/C21H26ClN3O/c1-24(2)20-11-7-17(8-12-20)21(26)23-19-4-3-13-25(15-19)14-16-5-9-18(22)10-6-16/h5-12,19H,3-4,13-15H2,1-2H3,(H,23,26)/t19-/m1/s1. The molecule has 0 radical (unpaired) electrons. The van der Waals surface area contributed by atoms with E-state index in [0.29, 0.717) is 5.56 Å². The number of hydrogen-bond donors (Lipinski definition) is 1. The second kappa shape index (κ2) is 8.56. The highest BCUT2D eigenvalue weighted by molar-refractivity contribution is 6.30. The van der Waals surface area contributed by atoms with Crippen LogP contribution in [0.3, 0.4) is 0 Å². The molecule has 138 valence electrons. The van der Waals surface area contributed by atoms with E-state index in [4.69, 9.17) is 11.6 Å². The Morgan fingerprint density at radius 3 is 2.50 bits per heavy atom. The van der Waals surface area contributed by atoms with Gasteiger partial charge in [0, 0.05) is 49.5 Å². The smallest absolute Gasteiger partial charge is 0.251 e. The van der Waals surface area contributed by atoms with Crippen molar-refractivity contribution >= 4 is 23.2 Å². The molecule has 1 saturated heterocycles. The van der Waals surface area contributed by atoms with Crippen LogP contribution in [0.5, 0.6) is 0 Å². The Bertz CT molecular complexity index is 728. The summed E-state index contributed by atoms with van der Waals surface area (Å²) in [5.74, 6) is 0.00801. The van der Waals surface area contributed by atoms with Crippen LogP contribution in [-0.4, -0.2) is 44.0 Å². The quantitative estimate of drug-likeness (QED) is 0.868. The Balaban J connectivity index is 1.55. The Kier molecular flexibility index (Phi) is 6.17. The van der Waals surface area contributed by atoms with Gasteiger partial charge in [-0.3, -0.25) is 9.69 Å². The van der Waals surface area contributed by atoms with Crippen molar-refractivity contribution < 1.29 is 4.79 Å². The van der Waals surface area contributed by atoms with Crippen molar-refractivity contribution in [2.75, 3.05) is 32.1 Å². The third-order valence-corrected chi connectivity index (χ3v) is 5.06. The second-order valence-electron chi connectivity index (χ2n) is 7.12. The number of nitrogens with zero attached hydrogens (tertiary/aromatic N) is 2. The molecule has 1 heterocycles. The molecule has 0 spiro atoms. The van der Waals surface area contributed by atoms with Crippen LogP contribution < -0.4 is 10.2 Å². The largest absolute Gasteiger partial charge is 0.378 e. The zero-order valence-corrected chi connectivity index (χ0v) is 16.2. The summed E-state index contributed by atoms with van der Waals surface area (Å²) < 4.78 is 0. The highest BCUT2D eigenvalue weighted by Gasteiger charge is 2.22. The van der Waals surface area contributed by atoms with E-state index in [1.54, 1.807) is 0 Å². The molecule has 1 aliphatic heterocycles. The summed E-state index contributed by atoms with van der Waals surface area (Å²) in [5, 5.41) is 3.96. The minimum absolute atomic E-state index is 0.00801. The first-order valence-electron chi connectivity index (χ1n) is 9.06. The van der Waals surface area contributed by atoms with Crippen molar-refractivity contribution in [2.24, 2.45) is 0 Å². The fraction of sp³-hybridized carbons (Fsp3) is 0.381. The maximum Gasteiger partial charge on any atom is 0.251 e. The molecule has 3 rings (SSSR count). The molecule has 1 amide bonds. The van der Waals surface area contributed by atoms with Crippen molar-refractivity contribution in [3.63, 3.8) is 0 Å². The molecule has 0 aliphatic carbocycles. The summed E-state index contributed by atoms with van der Waals surface area (Å²) in [6, 6.07) is 15.9. The third kappa shape index (κ3) is 4.99. The van der Waals surface area contributed by atoms with E-state index in [1.807, 2.05) is 55.4 Å². The lowest BCUT2D eigenvalue weighted by Crippen LogP contribution is -2.47. The van der Waals surface area contributed by atoms with Gasteiger partial charge in [-0.15, -0.1) is 0 Å². The fourth-order valence-electron chi connectivity index (χ4n) is 3.34. The molecule has 1 N–H and O–H groups in total. The molecule has 26 heavy (non-hydrogen) atoms. The molecule has 4 nitrogen and oxygen atoms in total. The van der Waals surface area contributed by atoms with Crippen LogP contribution in [-0.2, 0) is 6.54 Å². The van der Waals surface area contributed by atoms with E-state index in [-0.39, 0.29) is 11.9 Å². The number of anilines is 1. The Morgan fingerprint density at radius 2 is 1.85 bits per heavy atom. The summed E-state index contributed by atoms with van der Waals surface area (Å²) >= 11 is 5.96. The summed E-state index contributed by atoms with van der Waals surface area (Å²) in [4.78, 5) is 17.0. The molecular weight excluding hydrogens is 346 g/mol. The molecule has 0 unspecified atom stereocenters. The van der Waals surface area contributed by atoms with Gasteiger partial charge in [0.15, 0.2) is 0 Å². The molecule has 0 saturated carbocycles. The predicted octanol–water partition coefficient (Wildman–Crippen LogP) is 3.80. The SMILES string of the molecule is CN(C)c1ccc(C(=O)N[C@@H]2CCCN(Cc3ccc(Cl)cc3)C2)cc1. The summed E-state index contributed by atoms with van der Waals surface area (Å²) in [5.41, 5.74) is 3.06. The monoisotopic (exact) mass is 371 g/mol. The van der Waals surface area contributed by atoms with Gasteiger partial charge in [-0.1, -0.05) is 23.7 Å². The predicted molar refractivity (Wildman–Crippen MR) is 108 cm³/mol. The second-order valence-corrected chi connectivity index (χ2v) is 7.55. The average molecular weight is 372 g/mol. The molecule has 2 aromatic carbocycles. The Hall–Kier alpha value is -2.04. The van der Waals surface area contributed by atoms with Gasteiger partial charge in [0.05, 0.1) is 0 Å². The number of amides is 1. The van der Waals surface area contributed by atoms with E-state index in [9.17, 15) is 4.79 Å². The normalized spacial score (nSPS) is 17.7. The van der Waals surface area contributed by atoms with Crippen LogP contribution in [0.1, 0.15) is 28.8 Å². The van der Waals surface area contributed by atoms with Crippen LogP contribution in [0.15, 0.2) is 48.5 Å². The molecule has 5 heteroatoms. The lowest BCUT2D eigenvalue weighted by atomic mass is 10.0. The third-order valence-electron chi connectivity index (χ3n) is 4.81. The zero-order chi connectivity index (χ0) is 18.5. The first-order chi connectivity index (χ1) is 12.5. The highest BCUT2D eigenvalue weighted by atomic mass is 35.5.